The van der Waals surface area contributed by atoms with Crippen LogP contribution in [-0.2, 0) is 25.0 Å². The van der Waals surface area contributed by atoms with Gasteiger partial charge in [-0.2, -0.15) is 4.31 Å². The van der Waals surface area contributed by atoms with Gasteiger partial charge in [0.05, 0.1) is 16.2 Å². The number of anilines is 1. The van der Waals surface area contributed by atoms with Gasteiger partial charge in [-0.25, -0.2) is 8.42 Å². The predicted molar refractivity (Wildman–Crippen MR) is 92.0 cm³/mol. The topological polar surface area (TPSA) is 95.0 Å². The molecule has 2 aliphatic rings. The van der Waals surface area contributed by atoms with Gasteiger partial charge in [-0.1, -0.05) is 0 Å². The summed E-state index contributed by atoms with van der Waals surface area (Å²) in [6.45, 7) is 3.84. The summed E-state index contributed by atoms with van der Waals surface area (Å²) >= 11 is 0. The van der Waals surface area contributed by atoms with Crippen LogP contribution in [0.2, 0.25) is 0 Å². The largest absolute Gasteiger partial charge is 0.481 e. The third-order valence-electron chi connectivity index (χ3n) is 5.21. The van der Waals surface area contributed by atoms with Gasteiger partial charge in [0.25, 0.3) is 0 Å². The van der Waals surface area contributed by atoms with Crippen molar-refractivity contribution in [1.82, 2.24) is 4.31 Å². The van der Waals surface area contributed by atoms with E-state index in [9.17, 15) is 23.1 Å². The second kappa shape index (κ2) is 5.81. The summed E-state index contributed by atoms with van der Waals surface area (Å²) in [5, 5.41) is 9.18. The number of carbonyl (C=O) groups excluding carboxylic acids is 1. The van der Waals surface area contributed by atoms with Crippen LogP contribution in [0.1, 0.15) is 32.3 Å². The monoisotopic (exact) mass is 366 g/mol. The first-order valence-electron chi connectivity index (χ1n) is 8.22. The fourth-order valence-corrected chi connectivity index (χ4v) is 5.17. The smallest absolute Gasteiger partial charge is 0.307 e. The normalized spacial score (nSPS) is 23.6. The van der Waals surface area contributed by atoms with Crippen molar-refractivity contribution in [3.05, 3.63) is 23.8 Å². The molecule has 2 heterocycles. The lowest BCUT2D eigenvalue weighted by Gasteiger charge is -2.30. The molecule has 25 heavy (non-hydrogen) atoms. The van der Waals surface area contributed by atoms with Gasteiger partial charge in [0.1, 0.15) is 0 Å². The minimum atomic E-state index is -3.80. The molecule has 8 heteroatoms. The Morgan fingerprint density at radius 1 is 1.32 bits per heavy atom. The zero-order valence-corrected chi connectivity index (χ0v) is 15.3. The number of hydrogen-bond acceptors (Lipinski definition) is 4. The Kier molecular flexibility index (Phi) is 4.15. The summed E-state index contributed by atoms with van der Waals surface area (Å²) in [7, 11) is -2.12. The van der Waals surface area contributed by atoms with Crippen LogP contribution in [0.4, 0.5) is 5.69 Å². The second-order valence-electron chi connectivity index (χ2n) is 7.21. The number of likely N-dealkylation sites (N-methyl/N-ethyl adjacent to an activating group) is 1. The molecule has 1 amide bonds. The minimum absolute atomic E-state index is 0.0169. The number of aliphatic carboxylic acids is 1. The molecule has 1 aromatic carbocycles. The standard InChI is InChI=1S/C17H22N2O5S/c1-17(2)13-9-12(6-7-14(13)18(3)16(17)22)25(23,24)19-8-4-5-11(10-19)15(20)21/h6-7,9,11H,4-5,8,10H2,1-3H3,(H,20,21). The Bertz CT molecular complexity index is 847. The molecule has 0 aromatic heterocycles. The number of amides is 1. The van der Waals surface area contributed by atoms with Crippen LogP contribution in [-0.4, -0.2) is 49.8 Å². The molecule has 0 radical (unpaired) electrons. The van der Waals surface area contributed by atoms with E-state index >= 15 is 0 Å². The third-order valence-corrected chi connectivity index (χ3v) is 7.07. The van der Waals surface area contributed by atoms with Crippen molar-refractivity contribution in [3.63, 3.8) is 0 Å². The molecule has 1 N–H and O–H groups in total. The maximum absolute atomic E-state index is 13.0. The molecule has 1 saturated heterocycles. The Balaban J connectivity index is 1.99. The molecule has 0 saturated carbocycles. The van der Waals surface area contributed by atoms with Crippen LogP contribution in [0.25, 0.3) is 0 Å². The van der Waals surface area contributed by atoms with Gasteiger partial charge in [0.15, 0.2) is 0 Å². The highest BCUT2D eigenvalue weighted by molar-refractivity contribution is 7.89. The first-order chi connectivity index (χ1) is 11.6. The van der Waals surface area contributed by atoms with E-state index in [0.717, 1.165) is 0 Å². The summed E-state index contributed by atoms with van der Waals surface area (Å²) in [6, 6.07) is 4.69. The molecule has 0 aliphatic carbocycles. The zero-order valence-electron chi connectivity index (χ0n) is 14.5. The van der Waals surface area contributed by atoms with E-state index in [1.54, 1.807) is 33.0 Å². The van der Waals surface area contributed by atoms with Gasteiger partial charge in [-0.3, -0.25) is 9.59 Å². The van der Waals surface area contributed by atoms with E-state index in [4.69, 9.17) is 0 Å². The maximum atomic E-state index is 13.0. The molecule has 0 bridgehead atoms. The van der Waals surface area contributed by atoms with Crippen LogP contribution >= 0.6 is 0 Å². The van der Waals surface area contributed by atoms with Gasteiger partial charge >= 0.3 is 5.97 Å². The van der Waals surface area contributed by atoms with Crippen LogP contribution in [0.15, 0.2) is 23.1 Å². The molecule has 1 aromatic rings. The lowest BCUT2D eigenvalue weighted by atomic mass is 9.86. The first-order valence-corrected chi connectivity index (χ1v) is 9.66. The second-order valence-corrected chi connectivity index (χ2v) is 9.15. The number of carboxylic acid groups (broad SMARTS) is 1. The van der Waals surface area contributed by atoms with Crippen LogP contribution in [0.5, 0.6) is 0 Å². The SMILES string of the molecule is CN1C(=O)C(C)(C)c2cc(S(=O)(=O)N3CCCC(C(=O)O)C3)ccc21. The Morgan fingerprint density at radius 3 is 2.64 bits per heavy atom. The first kappa shape index (κ1) is 17.9. The van der Waals surface area contributed by atoms with E-state index in [0.29, 0.717) is 30.6 Å². The molecule has 0 spiro atoms. The number of fused-ring (bicyclic) bond motifs is 1. The molecule has 7 nitrogen and oxygen atoms in total. The van der Waals surface area contributed by atoms with Crippen molar-refractivity contribution >= 4 is 27.6 Å². The van der Waals surface area contributed by atoms with Crippen molar-refractivity contribution in [2.75, 3.05) is 25.0 Å². The molecule has 1 fully saturated rings. The molecule has 2 aliphatic heterocycles. The van der Waals surface area contributed by atoms with Crippen molar-refractivity contribution < 1.29 is 23.1 Å². The van der Waals surface area contributed by atoms with Crippen LogP contribution in [0, 0.1) is 5.92 Å². The van der Waals surface area contributed by atoms with E-state index in [1.165, 1.54) is 15.3 Å². The highest BCUT2D eigenvalue weighted by atomic mass is 32.2. The summed E-state index contributed by atoms with van der Waals surface area (Å²) < 4.78 is 27.2. The number of carbonyl (C=O) groups is 2. The fraction of sp³-hybridized carbons (Fsp3) is 0.529. The van der Waals surface area contributed by atoms with E-state index < -0.39 is 27.3 Å². The number of piperidine rings is 1. The van der Waals surface area contributed by atoms with Crippen molar-refractivity contribution in [1.29, 1.82) is 0 Å². The van der Waals surface area contributed by atoms with Gasteiger partial charge in [-0.15, -0.1) is 0 Å². The highest BCUT2D eigenvalue weighted by Crippen LogP contribution is 2.42. The quantitative estimate of drug-likeness (QED) is 0.873. The average Bonchev–Trinajstić information content (AvgIpc) is 2.75. The zero-order chi connectivity index (χ0) is 18.6. The van der Waals surface area contributed by atoms with E-state index in [2.05, 4.69) is 0 Å². The third kappa shape index (κ3) is 2.73. The van der Waals surface area contributed by atoms with E-state index in [-0.39, 0.29) is 17.3 Å². The molecule has 3 rings (SSSR count). The Labute approximate surface area is 147 Å². The Morgan fingerprint density at radius 2 is 2.00 bits per heavy atom. The number of hydrogen-bond donors (Lipinski definition) is 1. The number of nitrogens with zero attached hydrogens (tertiary/aromatic N) is 2. The number of sulfonamides is 1. The minimum Gasteiger partial charge on any atom is -0.481 e. The summed E-state index contributed by atoms with van der Waals surface area (Å²) in [5.41, 5.74) is 0.588. The van der Waals surface area contributed by atoms with Crippen molar-refractivity contribution in [3.8, 4) is 0 Å². The van der Waals surface area contributed by atoms with Crippen LogP contribution in [0.3, 0.4) is 0 Å². The molecular formula is C17H22N2O5S. The Hall–Kier alpha value is -1.93. The van der Waals surface area contributed by atoms with Gasteiger partial charge in [0.2, 0.25) is 15.9 Å². The van der Waals surface area contributed by atoms with Crippen molar-refractivity contribution in [2.45, 2.75) is 37.0 Å². The molecule has 1 atom stereocenters. The average molecular weight is 366 g/mol. The lowest BCUT2D eigenvalue weighted by molar-refractivity contribution is -0.142. The number of benzene rings is 1. The molecule has 136 valence electrons. The van der Waals surface area contributed by atoms with Gasteiger partial charge < -0.3 is 10.0 Å². The van der Waals surface area contributed by atoms with E-state index in [1.807, 2.05) is 0 Å². The summed E-state index contributed by atoms with van der Waals surface area (Å²) in [6.07, 6.45) is 1.01. The van der Waals surface area contributed by atoms with Gasteiger partial charge in [0, 0.05) is 25.8 Å². The van der Waals surface area contributed by atoms with Crippen LogP contribution < -0.4 is 4.90 Å². The number of carboxylic acids is 1. The van der Waals surface area contributed by atoms with Gasteiger partial charge in [-0.05, 0) is 50.5 Å². The lowest BCUT2D eigenvalue weighted by Crippen LogP contribution is -2.42. The van der Waals surface area contributed by atoms with Crippen molar-refractivity contribution in [2.24, 2.45) is 5.92 Å². The predicted octanol–water partition coefficient (Wildman–Crippen LogP) is 1.43. The summed E-state index contributed by atoms with van der Waals surface area (Å²) in [4.78, 5) is 25.2. The summed E-state index contributed by atoms with van der Waals surface area (Å²) in [5.74, 6) is -1.73. The number of rotatable bonds is 3. The molecular weight excluding hydrogens is 344 g/mol. The fourth-order valence-electron chi connectivity index (χ4n) is 3.62. The molecule has 1 unspecified atom stereocenters. The maximum Gasteiger partial charge on any atom is 0.307 e. The highest BCUT2D eigenvalue weighted by Gasteiger charge is 2.43.